The van der Waals surface area contributed by atoms with Crippen LogP contribution in [-0.2, 0) is 0 Å². The second-order valence-electron chi connectivity index (χ2n) is 8.09. The van der Waals surface area contributed by atoms with Crippen molar-refractivity contribution in [3.8, 4) is 17.2 Å². The molecule has 1 saturated heterocycles. The van der Waals surface area contributed by atoms with Crippen LogP contribution < -0.4 is 15.0 Å². The number of likely N-dealkylation sites (tertiary alicyclic amines) is 1. The fourth-order valence-electron chi connectivity index (χ4n) is 4.13. The first kappa shape index (κ1) is 22.2. The van der Waals surface area contributed by atoms with Gasteiger partial charge < -0.3 is 14.4 Å². The van der Waals surface area contributed by atoms with Gasteiger partial charge in [0, 0.05) is 25.7 Å². The fourth-order valence-corrected chi connectivity index (χ4v) is 4.13. The topological polar surface area (TPSA) is 69.5 Å². The maximum Gasteiger partial charge on any atom is 0.266 e. The zero-order chi connectivity index (χ0) is 22.5. The summed E-state index contributed by atoms with van der Waals surface area (Å²) in [5.74, 6) is 1.27. The summed E-state index contributed by atoms with van der Waals surface area (Å²) in [5, 5.41) is 0.433. The van der Waals surface area contributed by atoms with Gasteiger partial charge in [0.25, 0.3) is 5.56 Å². The Morgan fingerprint density at radius 2 is 2.00 bits per heavy atom. The number of rotatable bonds is 8. The van der Waals surface area contributed by atoms with Gasteiger partial charge in [0.05, 0.1) is 29.4 Å². The molecule has 1 fully saturated rings. The monoisotopic (exact) mass is 440 g/mol. The number of halogens is 1. The average molecular weight is 441 g/mol. The summed E-state index contributed by atoms with van der Waals surface area (Å²) in [6.45, 7) is 6.91. The molecule has 8 heteroatoms. The number of piperidine rings is 1. The first-order chi connectivity index (χ1) is 15.5. The van der Waals surface area contributed by atoms with E-state index in [0.717, 1.165) is 26.1 Å². The van der Waals surface area contributed by atoms with Crippen LogP contribution in [0.3, 0.4) is 0 Å². The summed E-state index contributed by atoms with van der Waals surface area (Å²) in [5.41, 5.74) is 0.673. The molecule has 32 heavy (non-hydrogen) atoms. The number of hydrogen-bond donors (Lipinski definition) is 0. The standard InChI is InChI=1S/C24H29FN4O3/c1-17(25)32-23-15-19(31-14-6-13-28-11-4-3-5-12-28)7-8-22(23)29-18(2)27-21-16-26-10-9-20(21)24(29)30/h7-10,15-17H,3-6,11-14H2,1-2H3. The van der Waals surface area contributed by atoms with Gasteiger partial charge in [-0.05, 0) is 57.5 Å². The normalized spacial score (nSPS) is 15.6. The molecule has 7 nitrogen and oxygen atoms in total. The number of fused-ring (bicyclic) bond motifs is 1. The number of aryl methyl sites for hydroxylation is 1. The molecule has 0 saturated carbocycles. The number of pyridine rings is 1. The van der Waals surface area contributed by atoms with Crippen molar-refractivity contribution >= 4 is 10.9 Å². The second-order valence-corrected chi connectivity index (χ2v) is 8.09. The van der Waals surface area contributed by atoms with E-state index in [-0.39, 0.29) is 11.3 Å². The zero-order valence-electron chi connectivity index (χ0n) is 18.6. The van der Waals surface area contributed by atoms with Crippen molar-refractivity contribution in [2.45, 2.75) is 45.9 Å². The van der Waals surface area contributed by atoms with Crippen LogP contribution in [0.2, 0.25) is 0 Å². The second kappa shape index (κ2) is 10.1. The highest BCUT2D eigenvalue weighted by Gasteiger charge is 2.17. The molecule has 0 spiro atoms. The molecule has 1 aliphatic rings. The quantitative estimate of drug-likeness (QED) is 0.493. The maximum absolute atomic E-state index is 13.8. The van der Waals surface area contributed by atoms with Gasteiger partial charge in [-0.3, -0.25) is 14.3 Å². The van der Waals surface area contributed by atoms with E-state index in [4.69, 9.17) is 9.47 Å². The lowest BCUT2D eigenvalue weighted by Crippen LogP contribution is -2.31. The molecule has 1 atom stereocenters. The van der Waals surface area contributed by atoms with Crippen LogP contribution in [0.25, 0.3) is 16.6 Å². The molecule has 3 aromatic rings. The average Bonchev–Trinajstić information content (AvgIpc) is 2.78. The number of ether oxygens (including phenoxy) is 2. The molecule has 0 amide bonds. The number of alkyl halides is 1. The minimum Gasteiger partial charge on any atom is -0.493 e. The summed E-state index contributed by atoms with van der Waals surface area (Å²) in [6, 6.07) is 6.74. The minimum absolute atomic E-state index is 0.230. The highest BCUT2D eigenvalue weighted by atomic mass is 19.1. The first-order valence-electron chi connectivity index (χ1n) is 11.2. The largest absolute Gasteiger partial charge is 0.493 e. The van der Waals surface area contributed by atoms with Crippen molar-refractivity contribution in [3.05, 3.63) is 52.8 Å². The summed E-state index contributed by atoms with van der Waals surface area (Å²) in [4.78, 5) is 24.1. The van der Waals surface area contributed by atoms with Gasteiger partial charge in [-0.25, -0.2) is 9.37 Å². The minimum atomic E-state index is -1.54. The number of aromatic nitrogens is 3. The van der Waals surface area contributed by atoms with E-state index in [2.05, 4.69) is 14.9 Å². The van der Waals surface area contributed by atoms with E-state index in [0.29, 0.717) is 34.8 Å². The lowest BCUT2D eigenvalue weighted by Gasteiger charge is -2.26. The van der Waals surface area contributed by atoms with Gasteiger partial charge in [-0.15, -0.1) is 0 Å². The van der Waals surface area contributed by atoms with E-state index in [1.54, 1.807) is 43.6 Å². The van der Waals surface area contributed by atoms with Crippen LogP contribution in [0.15, 0.2) is 41.5 Å². The molecule has 170 valence electrons. The Morgan fingerprint density at radius 3 is 2.78 bits per heavy atom. The van der Waals surface area contributed by atoms with Crippen molar-refractivity contribution in [2.75, 3.05) is 26.2 Å². The van der Waals surface area contributed by atoms with Crippen LogP contribution in [-0.4, -0.2) is 52.0 Å². The Morgan fingerprint density at radius 1 is 1.19 bits per heavy atom. The predicted octanol–water partition coefficient (Wildman–Crippen LogP) is 4.04. The Balaban J connectivity index is 1.56. The van der Waals surface area contributed by atoms with Crippen molar-refractivity contribution < 1.29 is 13.9 Å². The third kappa shape index (κ3) is 5.07. The molecule has 0 N–H and O–H groups in total. The third-order valence-corrected chi connectivity index (χ3v) is 5.64. The molecule has 4 rings (SSSR count). The molecule has 3 heterocycles. The van der Waals surface area contributed by atoms with Gasteiger partial charge in [0.2, 0.25) is 6.36 Å². The van der Waals surface area contributed by atoms with Gasteiger partial charge in [0.15, 0.2) is 5.75 Å². The van der Waals surface area contributed by atoms with Crippen molar-refractivity contribution in [1.29, 1.82) is 0 Å². The molecule has 1 aromatic carbocycles. The summed E-state index contributed by atoms with van der Waals surface area (Å²) >= 11 is 0. The van der Waals surface area contributed by atoms with Gasteiger partial charge in [0.1, 0.15) is 11.6 Å². The third-order valence-electron chi connectivity index (χ3n) is 5.64. The zero-order valence-corrected chi connectivity index (χ0v) is 18.6. The number of benzene rings is 1. The lowest BCUT2D eigenvalue weighted by atomic mass is 10.1. The van der Waals surface area contributed by atoms with Crippen LogP contribution in [0.5, 0.6) is 11.5 Å². The van der Waals surface area contributed by atoms with Crippen molar-refractivity contribution in [2.24, 2.45) is 0 Å². The Labute approximate surface area is 186 Å². The Bertz CT molecular complexity index is 1130. The van der Waals surface area contributed by atoms with Crippen LogP contribution >= 0.6 is 0 Å². The summed E-state index contributed by atoms with van der Waals surface area (Å²) < 4.78 is 26.5. The Hall–Kier alpha value is -3.00. The number of hydrogen-bond acceptors (Lipinski definition) is 6. The molecule has 0 radical (unpaired) electrons. The molecular formula is C24H29FN4O3. The smallest absolute Gasteiger partial charge is 0.266 e. The highest BCUT2D eigenvalue weighted by Crippen LogP contribution is 2.29. The van der Waals surface area contributed by atoms with Crippen molar-refractivity contribution in [3.63, 3.8) is 0 Å². The van der Waals surface area contributed by atoms with Gasteiger partial charge in [-0.2, -0.15) is 0 Å². The summed E-state index contributed by atoms with van der Waals surface area (Å²) in [7, 11) is 0. The molecular weight excluding hydrogens is 411 g/mol. The molecule has 0 aliphatic carbocycles. The van der Waals surface area contributed by atoms with E-state index >= 15 is 0 Å². The van der Waals surface area contributed by atoms with Gasteiger partial charge in [-0.1, -0.05) is 6.42 Å². The molecule has 2 aromatic heterocycles. The molecule has 1 unspecified atom stereocenters. The molecule has 1 aliphatic heterocycles. The van der Waals surface area contributed by atoms with E-state index in [9.17, 15) is 9.18 Å². The van der Waals surface area contributed by atoms with E-state index in [1.165, 1.54) is 30.8 Å². The Kier molecular flexibility index (Phi) is 6.99. The lowest BCUT2D eigenvalue weighted by molar-refractivity contribution is 0.0855. The van der Waals surface area contributed by atoms with Gasteiger partial charge >= 0.3 is 0 Å². The van der Waals surface area contributed by atoms with Crippen LogP contribution in [0.4, 0.5) is 4.39 Å². The van der Waals surface area contributed by atoms with E-state index < -0.39 is 6.36 Å². The predicted molar refractivity (Wildman–Crippen MR) is 121 cm³/mol. The van der Waals surface area contributed by atoms with E-state index in [1.807, 2.05) is 0 Å². The first-order valence-corrected chi connectivity index (χ1v) is 11.2. The fraction of sp³-hybridized carbons (Fsp3) is 0.458. The summed E-state index contributed by atoms with van der Waals surface area (Å²) in [6.07, 6.45) is 6.33. The van der Waals surface area contributed by atoms with Crippen LogP contribution in [0, 0.1) is 6.92 Å². The molecule has 0 bridgehead atoms. The maximum atomic E-state index is 13.8. The highest BCUT2D eigenvalue weighted by molar-refractivity contribution is 5.76. The SMILES string of the molecule is Cc1nc2cnccc2c(=O)n1-c1ccc(OCCCN2CCCCC2)cc1OC(C)F. The van der Waals surface area contributed by atoms with Crippen molar-refractivity contribution in [1.82, 2.24) is 19.4 Å². The number of nitrogens with zero attached hydrogens (tertiary/aromatic N) is 4. The van der Waals surface area contributed by atoms with Crippen LogP contribution in [0.1, 0.15) is 38.4 Å².